The van der Waals surface area contributed by atoms with Crippen LogP contribution < -0.4 is 5.32 Å². The molecular formula is C15H28N2O. The van der Waals surface area contributed by atoms with Crippen LogP contribution in [0.2, 0.25) is 0 Å². The topological polar surface area (TPSA) is 32.3 Å². The molecule has 1 saturated heterocycles. The molecule has 0 spiro atoms. The average Bonchev–Trinajstić information content (AvgIpc) is 3.06. The molecule has 1 amide bonds. The number of carbonyl (C=O) groups excluding carboxylic acids is 1. The molecule has 3 heteroatoms. The Hall–Kier alpha value is -0.570. The summed E-state index contributed by atoms with van der Waals surface area (Å²) < 4.78 is 0. The van der Waals surface area contributed by atoms with Gasteiger partial charge in [0.25, 0.3) is 0 Å². The van der Waals surface area contributed by atoms with Gasteiger partial charge in [0.2, 0.25) is 5.91 Å². The predicted octanol–water partition coefficient (Wildman–Crippen LogP) is 2.76. The van der Waals surface area contributed by atoms with Gasteiger partial charge >= 0.3 is 0 Å². The summed E-state index contributed by atoms with van der Waals surface area (Å²) in [5, 5.41) is 3.51. The minimum Gasteiger partial charge on any atom is -0.325 e. The first-order valence-corrected chi connectivity index (χ1v) is 7.60. The zero-order valence-corrected chi connectivity index (χ0v) is 12.3. The van der Waals surface area contributed by atoms with E-state index in [0.29, 0.717) is 17.2 Å². The monoisotopic (exact) mass is 252 g/mol. The van der Waals surface area contributed by atoms with Crippen LogP contribution in [0.4, 0.5) is 0 Å². The highest BCUT2D eigenvalue weighted by Gasteiger charge is 2.50. The predicted molar refractivity (Wildman–Crippen MR) is 74.1 cm³/mol. The van der Waals surface area contributed by atoms with Gasteiger partial charge in [-0.2, -0.15) is 0 Å². The van der Waals surface area contributed by atoms with Crippen molar-refractivity contribution in [2.45, 2.75) is 72.0 Å². The minimum atomic E-state index is 0.0597. The van der Waals surface area contributed by atoms with Crippen molar-refractivity contribution < 1.29 is 4.79 Å². The highest BCUT2D eigenvalue weighted by molar-refractivity contribution is 5.84. The van der Waals surface area contributed by atoms with Crippen LogP contribution >= 0.6 is 0 Å². The summed E-state index contributed by atoms with van der Waals surface area (Å²) in [6.07, 6.45) is 5.99. The number of nitrogens with one attached hydrogen (secondary N) is 1. The first kappa shape index (κ1) is 13.9. The van der Waals surface area contributed by atoms with Crippen molar-refractivity contribution in [2.75, 3.05) is 6.54 Å². The van der Waals surface area contributed by atoms with E-state index >= 15 is 0 Å². The Morgan fingerprint density at radius 3 is 2.50 bits per heavy atom. The lowest BCUT2D eigenvalue weighted by molar-refractivity contribution is -0.131. The molecule has 104 valence electrons. The van der Waals surface area contributed by atoms with E-state index in [2.05, 4.69) is 37.9 Å². The maximum absolute atomic E-state index is 12.4. The molecule has 2 unspecified atom stereocenters. The molecule has 0 bridgehead atoms. The van der Waals surface area contributed by atoms with Crippen LogP contribution in [-0.2, 0) is 4.79 Å². The second-order valence-corrected chi connectivity index (χ2v) is 6.42. The van der Waals surface area contributed by atoms with Gasteiger partial charge < -0.3 is 4.90 Å². The molecule has 1 N–H and O–H groups in total. The Morgan fingerprint density at radius 2 is 2.06 bits per heavy atom. The Balaban J connectivity index is 2.06. The number of carbonyl (C=O) groups is 1. The second-order valence-electron chi connectivity index (χ2n) is 6.42. The molecule has 18 heavy (non-hydrogen) atoms. The van der Waals surface area contributed by atoms with E-state index in [4.69, 9.17) is 0 Å². The van der Waals surface area contributed by atoms with Crippen LogP contribution in [0.5, 0.6) is 0 Å². The lowest BCUT2D eigenvalue weighted by Gasteiger charge is -2.30. The van der Waals surface area contributed by atoms with E-state index in [1.54, 1.807) is 0 Å². The van der Waals surface area contributed by atoms with Gasteiger partial charge in [-0.15, -0.1) is 0 Å². The van der Waals surface area contributed by atoms with Crippen LogP contribution in [0.25, 0.3) is 0 Å². The Kier molecular flexibility index (Phi) is 4.00. The molecule has 3 nitrogen and oxygen atoms in total. The summed E-state index contributed by atoms with van der Waals surface area (Å²) in [4.78, 5) is 14.6. The van der Waals surface area contributed by atoms with Gasteiger partial charge in [-0.3, -0.25) is 10.1 Å². The lowest BCUT2D eigenvalue weighted by Crippen LogP contribution is -2.42. The van der Waals surface area contributed by atoms with Crippen molar-refractivity contribution in [3.63, 3.8) is 0 Å². The summed E-state index contributed by atoms with van der Waals surface area (Å²) in [7, 11) is 0. The van der Waals surface area contributed by atoms with E-state index in [-0.39, 0.29) is 12.2 Å². The molecule has 1 saturated carbocycles. The highest BCUT2D eigenvalue weighted by atomic mass is 16.2. The largest absolute Gasteiger partial charge is 0.325 e. The van der Waals surface area contributed by atoms with Crippen LogP contribution in [-0.4, -0.2) is 29.6 Å². The van der Waals surface area contributed by atoms with Crippen LogP contribution in [0.1, 0.15) is 59.8 Å². The van der Waals surface area contributed by atoms with Gasteiger partial charge in [0.1, 0.15) is 0 Å². The summed E-state index contributed by atoms with van der Waals surface area (Å²) in [6, 6.07) is 0.0597. The summed E-state index contributed by atoms with van der Waals surface area (Å²) in [6.45, 7) is 9.86. The van der Waals surface area contributed by atoms with Crippen molar-refractivity contribution in [2.24, 2.45) is 11.3 Å². The third kappa shape index (κ3) is 2.42. The number of nitrogens with zero attached hydrogens (tertiary/aromatic N) is 1. The summed E-state index contributed by atoms with van der Waals surface area (Å²) in [5.74, 6) is 1.02. The van der Waals surface area contributed by atoms with E-state index < -0.39 is 0 Å². The standard InChI is InChI=1S/C15H28N2O/c1-5-7-13-16-12(6-2)14(18)17(13)10-15(8-9-15)11(3)4/h11-13,16H,5-10H2,1-4H3. The van der Waals surface area contributed by atoms with E-state index in [9.17, 15) is 4.79 Å². The van der Waals surface area contributed by atoms with Gasteiger partial charge in [-0.25, -0.2) is 0 Å². The average molecular weight is 252 g/mol. The number of amides is 1. The second kappa shape index (κ2) is 5.20. The quantitative estimate of drug-likeness (QED) is 0.788. The molecule has 0 radical (unpaired) electrons. The molecular weight excluding hydrogens is 224 g/mol. The number of rotatable bonds is 6. The molecule has 1 aliphatic heterocycles. The smallest absolute Gasteiger partial charge is 0.241 e. The molecule has 2 rings (SSSR count). The normalized spacial score (nSPS) is 30.3. The van der Waals surface area contributed by atoms with Crippen LogP contribution in [0.3, 0.4) is 0 Å². The Bertz CT molecular complexity index is 310. The maximum Gasteiger partial charge on any atom is 0.241 e. The Labute approximate surface area is 111 Å². The Morgan fingerprint density at radius 1 is 1.39 bits per heavy atom. The molecule has 2 fully saturated rings. The fourth-order valence-corrected chi connectivity index (χ4v) is 3.16. The van der Waals surface area contributed by atoms with Crippen molar-refractivity contribution in [1.29, 1.82) is 0 Å². The molecule has 0 aromatic carbocycles. The van der Waals surface area contributed by atoms with Crippen molar-refractivity contribution >= 4 is 5.91 Å². The van der Waals surface area contributed by atoms with Crippen molar-refractivity contribution in [3.05, 3.63) is 0 Å². The number of hydrogen-bond donors (Lipinski definition) is 1. The van der Waals surface area contributed by atoms with E-state index in [0.717, 1.165) is 25.8 Å². The first-order valence-electron chi connectivity index (χ1n) is 7.60. The van der Waals surface area contributed by atoms with E-state index in [1.165, 1.54) is 12.8 Å². The minimum absolute atomic E-state index is 0.0597. The SMILES string of the molecule is CCCC1NC(CC)C(=O)N1CC1(C(C)C)CC1. The molecule has 0 aromatic heterocycles. The fourth-order valence-electron chi connectivity index (χ4n) is 3.16. The molecule has 0 aromatic rings. The van der Waals surface area contributed by atoms with Crippen LogP contribution in [0, 0.1) is 11.3 Å². The van der Waals surface area contributed by atoms with Gasteiger partial charge in [0.15, 0.2) is 0 Å². The van der Waals surface area contributed by atoms with Gasteiger partial charge in [0, 0.05) is 6.54 Å². The van der Waals surface area contributed by atoms with Gasteiger partial charge in [-0.1, -0.05) is 34.1 Å². The molecule has 1 heterocycles. The number of hydrogen-bond acceptors (Lipinski definition) is 2. The maximum atomic E-state index is 12.4. The first-order chi connectivity index (χ1) is 8.54. The van der Waals surface area contributed by atoms with Gasteiger partial charge in [-0.05, 0) is 37.0 Å². The van der Waals surface area contributed by atoms with Gasteiger partial charge in [0.05, 0.1) is 12.2 Å². The van der Waals surface area contributed by atoms with Crippen molar-refractivity contribution in [1.82, 2.24) is 10.2 Å². The van der Waals surface area contributed by atoms with Crippen molar-refractivity contribution in [3.8, 4) is 0 Å². The highest BCUT2D eigenvalue weighted by Crippen LogP contribution is 2.52. The third-order valence-electron chi connectivity index (χ3n) is 4.92. The molecule has 1 aliphatic carbocycles. The molecule has 2 atom stereocenters. The summed E-state index contributed by atoms with van der Waals surface area (Å²) >= 11 is 0. The molecule has 2 aliphatic rings. The lowest BCUT2D eigenvalue weighted by atomic mass is 9.91. The third-order valence-corrected chi connectivity index (χ3v) is 4.92. The van der Waals surface area contributed by atoms with E-state index in [1.807, 2.05) is 0 Å². The summed E-state index contributed by atoms with van der Waals surface area (Å²) in [5.41, 5.74) is 0.423. The zero-order valence-electron chi connectivity index (χ0n) is 12.3. The fraction of sp³-hybridized carbons (Fsp3) is 0.933. The zero-order chi connectivity index (χ0) is 13.3. The van der Waals surface area contributed by atoms with Crippen LogP contribution in [0.15, 0.2) is 0 Å².